The Morgan fingerprint density at radius 1 is 0.396 bits per heavy atom. The molecule has 6 heteroatoms. The third-order valence-corrected chi connectivity index (χ3v) is 11.6. The van der Waals surface area contributed by atoms with E-state index >= 15 is 0 Å². The van der Waals surface area contributed by atoms with Crippen LogP contribution in [0.3, 0.4) is 0 Å². The number of hydrogen-bond donors (Lipinski definition) is 5. The number of unbranched alkanes of at least 4 members (excludes halogenated alkanes) is 35. The second-order valence-corrected chi connectivity index (χ2v) is 16.8. The van der Waals surface area contributed by atoms with Gasteiger partial charge in [0.2, 0.25) is 5.91 Å². The van der Waals surface area contributed by atoms with Gasteiger partial charge in [0, 0.05) is 0 Å². The molecule has 0 aliphatic heterocycles. The van der Waals surface area contributed by atoms with Crippen molar-refractivity contribution in [1.29, 1.82) is 0 Å². The van der Waals surface area contributed by atoms with E-state index < -0.39 is 36.9 Å². The van der Waals surface area contributed by atoms with Crippen molar-refractivity contribution >= 4 is 5.91 Å². The summed E-state index contributed by atoms with van der Waals surface area (Å²) < 4.78 is 0. The smallest absolute Gasteiger partial charge is 0.249 e. The third kappa shape index (κ3) is 36.7. The first-order valence-electron chi connectivity index (χ1n) is 23.9. The summed E-state index contributed by atoms with van der Waals surface area (Å²) in [4.78, 5) is 12.4. The van der Waals surface area contributed by atoms with Crippen molar-refractivity contribution < 1.29 is 25.2 Å². The first-order valence-corrected chi connectivity index (χ1v) is 23.9. The zero-order valence-corrected chi connectivity index (χ0v) is 35.8. The second kappa shape index (κ2) is 42.5. The van der Waals surface area contributed by atoms with E-state index in [1.54, 1.807) is 0 Å². The van der Waals surface area contributed by atoms with Crippen LogP contribution < -0.4 is 5.32 Å². The normalized spacial score (nSPS) is 14.0. The number of amides is 1. The van der Waals surface area contributed by atoms with Gasteiger partial charge in [-0.25, -0.2) is 0 Å². The van der Waals surface area contributed by atoms with Gasteiger partial charge in [0.05, 0.1) is 18.8 Å². The highest BCUT2D eigenvalue weighted by Gasteiger charge is 2.28. The van der Waals surface area contributed by atoms with Gasteiger partial charge in [-0.05, 0) is 12.8 Å². The minimum absolute atomic E-state index is 0.373. The molecule has 6 nitrogen and oxygen atoms in total. The van der Waals surface area contributed by atoms with E-state index in [4.69, 9.17) is 0 Å². The molecule has 0 aliphatic rings. The first-order chi connectivity index (χ1) is 26.0. The molecule has 4 atom stereocenters. The van der Waals surface area contributed by atoms with E-state index in [-0.39, 0.29) is 0 Å². The molecule has 53 heavy (non-hydrogen) atoms. The number of rotatable bonds is 44. The van der Waals surface area contributed by atoms with Crippen LogP contribution in [-0.2, 0) is 4.79 Å². The number of aliphatic hydroxyl groups is 4. The summed E-state index contributed by atoms with van der Waals surface area (Å²) in [7, 11) is 0. The number of carbonyl (C=O) groups excluding carboxylic acids is 1. The van der Waals surface area contributed by atoms with Gasteiger partial charge in [-0.15, -0.1) is 0 Å². The molecule has 0 aromatic carbocycles. The predicted molar refractivity (Wildman–Crippen MR) is 228 cm³/mol. The first kappa shape index (κ1) is 52.3. The number of aliphatic hydroxyl groups excluding tert-OH is 4. The molecule has 0 saturated heterocycles. The van der Waals surface area contributed by atoms with Gasteiger partial charge >= 0.3 is 0 Å². The van der Waals surface area contributed by atoms with Gasteiger partial charge in [0.1, 0.15) is 12.2 Å². The molecular formula is C47H95NO5. The lowest BCUT2D eigenvalue weighted by molar-refractivity contribution is -0.132. The predicted octanol–water partition coefficient (Wildman–Crippen LogP) is 12.8. The van der Waals surface area contributed by atoms with E-state index in [0.29, 0.717) is 12.8 Å². The second-order valence-electron chi connectivity index (χ2n) is 16.8. The molecule has 0 saturated carbocycles. The molecule has 0 aliphatic carbocycles. The SMILES string of the molecule is CCCCCCCCCCCCCCCCCCCCCCCCCCCCCCC(O)C(O)C(CO)NC(=O)C(O)CCCCCCCCCCC. The summed E-state index contributed by atoms with van der Waals surface area (Å²) in [6.45, 7) is 4.04. The standard InChI is InChI=1S/C47H95NO5/c1-3-5-7-9-11-13-14-15-16-17-18-19-20-21-22-23-24-25-26-27-28-29-30-31-33-34-36-38-40-44(50)46(52)43(42-49)48-47(53)45(51)41-39-37-35-32-12-10-8-6-4-2/h43-46,49-52H,3-42H2,1-2H3,(H,48,53). The van der Waals surface area contributed by atoms with Crippen molar-refractivity contribution in [1.82, 2.24) is 5.32 Å². The Kier molecular flexibility index (Phi) is 41.9. The van der Waals surface area contributed by atoms with E-state index in [1.807, 2.05) is 0 Å². The molecule has 4 unspecified atom stereocenters. The van der Waals surface area contributed by atoms with Gasteiger partial charge in [0.15, 0.2) is 0 Å². The van der Waals surface area contributed by atoms with E-state index in [2.05, 4.69) is 19.2 Å². The van der Waals surface area contributed by atoms with Crippen LogP contribution in [0, 0.1) is 0 Å². The summed E-state index contributed by atoms with van der Waals surface area (Å²) in [6, 6.07) is -0.978. The maximum Gasteiger partial charge on any atom is 0.249 e. The van der Waals surface area contributed by atoms with Crippen LogP contribution in [0.4, 0.5) is 0 Å². The Bertz CT molecular complexity index is 721. The number of carbonyl (C=O) groups is 1. The van der Waals surface area contributed by atoms with Crippen molar-refractivity contribution in [2.75, 3.05) is 6.61 Å². The van der Waals surface area contributed by atoms with Crippen molar-refractivity contribution in [3.05, 3.63) is 0 Å². The molecule has 0 fully saturated rings. The van der Waals surface area contributed by atoms with E-state index in [0.717, 1.165) is 38.5 Å². The Morgan fingerprint density at radius 3 is 0.906 bits per heavy atom. The van der Waals surface area contributed by atoms with Crippen molar-refractivity contribution in [3.8, 4) is 0 Å². The summed E-state index contributed by atoms with van der Waals surface area (Å²) in [6.07, 6.45) is 46.0. The lowest BCUT2D eigenvalue weighted by Crippen LogP contribution is -2.53. The van der Waals surface area contributed by atoms with E-state index in [1.165, 1.54) is 199 Å². The Hall–Kier alpha value is -0.690. The summed E-state index contributed by atoms with van der Waals surface area (Å²) in [5, 5.41) is 43.6. The summed E-state index contributed by atoms with van der Waals surface area (Å²) >= 11 is 0. The molecular weight excluding hydrogens is 659 g/mol. The molecule has 318 valence electrons. The molecule has 0 aromatic heterocycles. The lowest BCUT2D eigenvalue weighted by Gasteiger charge is -2.27. The Balaban J connectivity index is 3.54. The van der Waals surface area contributed by atoms with Gasteiger partial charge in [-0.1, -0.05) is 251 Å². The lowest BCUT2D eigenvalue weighted by atomic mass is 9.99. The van der Waals surface area contributed by atoms with Crippen LogP contribution >= 0.6 is 0 Å². The average molecular weight is 754 g/mol. The minimum atomic E-state index is -1.25. The van der Waals surface area contributed by atoms with Crippen LogP contribution in [-0.4, -0.2) is 57.3 Å². The largest absolute Gasteiger partial charge is 0.394 e. The monoisotopic (exact) mass is 754 g/mol. The Labute approximate surface area is 330 Å². The molecule has 5 N–H and O–H groups in total. The zero-order chi connectivity index (χ0) is 38.9. The molecule has 0 rings (SSSR count). The average Bonchev–Trinajstić information content (AvgIpc) is 3.16. The van der Waals surface area contributed by atoms with Crippen molar-refractivity contribution in [2.45, 2.75) is 289 Å². The van der Waals surface area contributed by atoms with E-state index in [9.17, 15) is 25.2 Å². The summed E-state index contributed by atoms with van der Waals surface area (Å²) in [5.74, 6) is -0.583. The fourth-order valence-electron chi connectivity index (χ4n) is 7.76. The zero-order valence-electron chi connectivity index (χ0n) is 35.8. The maximum atomic E-state index is 12.4. The van der Waals surface area contributed by atoms with Gasteiger partial charge in [-0.3, -0.25) is 4.79 Å². The maximum absolute atomic E-state index is 12.4. The van der Waals surface area contributed by atoms with Crippen LogP contribution in [0.2, 0.25) is 0 Å². The van der Waals surface area contributed by atoms with Crippen molar-refractivity contribution in [2.24, 2.45) is 0 Å². The topological polar surface area (TPSA) is 110 Å². The summed E-state index contributed by atoms with van der Waals surface area (Å²) in [5.41, 5.74) is 0. The fourth-order valence-corrected chi connectivity index (χ4v) is 7.76. The van der Waals surface area contributed by atoms with Crippen LogP contribution in [0.25, 0.3) is 0 Å². The third-order valence-electron chi connectivity index (χ3n) is 11.6. The highest BCUT2D eigenvalue weighted by atomic mass is 16.3. The molecule has 1 amide bonds. The van der Waals surface area contributed by atoms with Crippen molar-refractivity contribution in [3.63, 3.8) is 0 Å². The van der Waals surface area contributed by atoms with Crippen LogP contribution in [0.1, 0.15) is 264 Å². The Morgan fingerprint density at radius 2 is 0.642 bits per heavy atom. The molecule has 0 heterocycles. The molecule has 0 bridgehead atoms. The highest BCUT2D eigenvalue weighted by molar-refractivity contribution is 5.80. The van der Waals surface area contributed by atoms with Crippen LogP contribution in [0.15, 0.2) is 0 Å². The van der Waals surface area contributed by atoms with Gasteiger partial charge in [0.25, 0.3) is 0 Å². The minimum Gasteiger partial charge on any atom is -0.394 e. The van der Waals surface area contributed by atoms with Crippen LogP contribution in [0.5, 0.6) is 0 Å². The van der Waals surface area contributed by atoms with Gasteiger partial charge < -0.3 is 25.7 Å². The molecule has 0 radical (unpaired) electrons. The number of hydrogen-bond acceptors (Lipinski definition) is 5. The molecule has 0 spiro atoms. The van der Waals surface area contributed by atoms with Gasteiger partial charge in [-0.2, -0.15) is 0 Å². The fraction of sp³-hybridized carbons (Fsp3) is 0.979. The quantitative estimate of drug-likeness (QED) is 0.0398. The molecule has 0 aromatic rings. The number of nitrogens with one attached hydrogen (secondary N) is 1. The highest BCUT2D eigenvalue weighted by Crippen LogP contribution is 2.18.